The molecule has 0 amide bonds. The molecule has 1 N–H and O–H groups in total. The van der Waals surface area contributed by atoms with Gasteiger partial charge in [-0.05, 0) is 67.4 Å². The second-order valence-corrected chi connectivity index (χ2v) is 6.77. The number of hydrogen-bond donors (Lipinski definition) is 1. The maximum Gasteiger partial charge on any atom is 0.139 e. The summed E-state index contributed by atoms with van der Waals surface area (Å²) in [6.45, 7) is 4.14. The molecule has 140 valence electrons. The first-order valence-electron chi connectivity index (χ1n) is 9.18. The molecule has 0 aliphatic heterocycles. The summed E-state index contributed by atoms with van der Waals surface area (Å²) < 4.78 is 11.5. The Bertz CT molecular complexity index is 1180. The number of benzene rings is 3. The maximum absolute atomic E-state index is 6.27. The molecule has 0 spiro atoms. The Hall–Kier alpha value is -3.53. The lowest BCUT2D eigenvalue weighted by Crippen LogP contribution is -2.08. The average Bonchev–Trinajstić information content (AvgIpc) is 2.73. The van der Waals surface area contributed by atoms with E-state index in [1.165, 1.54) is 5.56 Å². The smallest absolute Gasteiger partial charge is 0.139 e. The number of ether oxygens (including phenoxy) is 1. The lowest BCUT2D eigenvalue weighted by Gasteiger charge is -2.09. The number of anilines is 1. The van der Waals surface area contributed by atoms with Gasteiger partial charge in [-0.15, -0.1) is 0 Å². The number of nitrogens with one attached hydrogen (secondary N) is 1. The van der Waals surface area contributed by atoms with Gasteiger partial charge in [0.05, 0.1) is 18.2 Å². The fourth-order valence-electron chi connectivity index (χ4n) is 3.25. The number of para-hydroxylation sites is 1. The van der Waals surface area contributed by atoms with Gasteiger partial charge in [-0.25, -0.2) is 0 Å². The van der Waals surface area contributed by atoms with E-state index in [0.29, 0.717) is 0 Å². The molecule has 3 aromatic carbocycles. The Kier molecular flexibility index (Phi) is 4.85. The zero-order valence-corrected chi connectivity index (χ0v) is 16.2. The third-order valence-corrected chi connectivity index (χ3v) is 4.63. The van der Waals surface area contributed by atoms with Gasteiger partial charge in [0.25, 0.3) is 0 Å². The lowest BCUT2D eigenvalue weighted by atomic mass is 10.1. The van der Waals surface area contributed by atoms with Crippen LogP contribution in [-0.4, -0.2) is 7.11 Å². The number of nitrogens with zero attached hydrogens (tertiary/aromatic N) is 1. The van der Waals surface area contributed by atoms with Crippen molar-refractivity contribution in [1.82, 2.24) is 0 Å². The molecule has 4 aromatic rings. The molecule has 0 radical (unpaired) electrons. The summed E-state index contributed by atoms with van der Waals surface area (Å²) in [5.74, 6) is 1.57. The molecule has 0 bridgehead atoms. The summed E-state index contributed by atoms with van der Waals surface area (Å²) >= 11 is 0. The third-order valence-electron chi connectivity index (χ3n) is 4.63. The molecule has 1 aromatic heterocycles. The van der Waals surface area contributed by atoms with E-state index in [1.54, 1.807) is 7.11 Å². The van der Waals surface area contributed by atoms with Gasteiger partial charge in [0.2, 0.25) is 0 Å². The summed E-state index contributed by atoms with van der Waals surface area (Å²) in [4.78, 5) is 0. The van der Waals surface area contributed by atoms with Crippen molar-refractivity contribution in [2.24, 2.45) is 5.10 Å². The molecule has 0 aliphatic carbocycles. The van der Waals surface area contributed by atoms with Crippen molar-refractivity contribution >= 4 is 16.7 Å². The second kappa shape index (κ2) is 7.61. The predicted octanol–water partition coefficient (Wildman–Crippen LogP) is 5.65. The van der Waals surface area contributed by atoms with Gasteiger partial charge >= 0.3 is 0 Å². The topological polar surface area (TPSA) is 46.8 Å². The molecule has 0 fully saturated rings. The summed E-state index contributed by atoms with van der Waals surface area (Å²) in [7, 11) is 1.66. The fourth-order valence-corrected chi connectivity index (χ4v) is 3.25. The SMILES string of the molecule is COc1ccc(-c2c/c(=N\Nc3ccccc3)c3cc(C)cc(C)c3o2)cc1. The first-order chi connectivity index (χ1) is 13.6. The van der Waals surface area contributed by atoms with Gasteiger partial charge in [-0.2, -0.15) is 5.10 Å². The minimum absolute atomic E-state index is 0.760. The highest BCUT2D eigenvalue weighted by molar-refractivity contribution is 5.82. The summed E-state index contributed by atoms with van der Waals surface area (Å²) in [6.07, 6.45) is 0. The van der Waals surface area contributed by atoms with Crippen LogP contribution in [0.15, 0.2) is 82.3 Å². The van der Waals surface area contributed by atoms with Crippen LogP contribution in [0.4, 0.5) is 5.69 Å². The van der Waals surface area contributed by atoms with E-state index < -0.39 is 0 Å². The van der Waals surface area contributed by atoms with Crippen LogP contribution < -0.4 is 15.5 Å². The van der Waals surface area contributed by atoms with E-state index in [2.05, 4.69) is 36.5 Å². The summed E-state index contributed by atoms with van der Waals surface area (Å²) in [6, 6.07) is 23.9. The zero-order chi connectivity index (χ0) is 19.5. The van der Waals surface area contributed by atoms with Gasteiger partial charge in [0, 0.05) is 17.0 Å². The molecule has 4 nitrogen and oxygen atoms in total. The van der Waals surface area contributed by atoms with Gasteiger partial charge in [-0.1, -0.05) is 24.3 Å². The van der Waals surface area contributed by atoms with Gasteiger partial charge in [-0.3, -0.25) is 5.43 Å². The molecule has 4 heteroatoms. The second-order valence-electron chi connectivity index (χ2n) is 6.77. The number of aryl methyl sites for hydroxylation is 2. The first-order valence-corrected chi connectivity index (χ1v) is 9.18. The highest BCUT2D eigenvalue weighted by Crippen LogP contribution is 2.26. The monoisotopic (exact) mass is 370 g/mol. The van der Waals surface area contributed by atoms with Crippen LogP contribution in [0.3, 0.4) is 0 Å². The Morgan fingerprint density at radius 3 is 2.36 bits per heavy atom. The van der Waals surface area contributed by atoms with Crippen LogP contribution in [0, 0.1) is 13.8 Å². The van der Waals surface area contributed by atoms with Crippen molar-refractivity contribution < 1.29 is 9.15 Å². The molecule has 0 saturated carbocycles. The van der Waals surface area contributed by atoms with E-state index in [0.717, 1.165) is 44.7 Å². The molecule has 1 heterocycles. The van der Waals surface area contributed by atoms with Crippen molar-refractivity contribution in [2.45, 2.75) is 13.8 Å². The number of fused-ring (bicyclic) bond motifs is 1. The van der Waals surface area contributed by atoms with E-state index >= 15 is 0 Å². The summed E-state index contributed by atoms with van der Waals surface area (Å²) in [5, 5.41) is 6.49. The van der Waals surface area contributed by atoms with Gasteiger partial charge in [0.1, 0.15) is 17.1 Å². The van der Waals surface area contributed by atoms with Crippen LogP contribution in [0.5, 0.6) is 5.75 Å². The molecular weight excluding hydrogens is 348 g/mol. The van der Waals surface area contributed by atoms with Crippen molar-refractivity contribution in [1.29, 1.82) is 0 Å². The standard InChI is InChI=1S/C24H22N2O2/c1-16-13-17(2)24-21(14-16)22(26-25-19-7-5-4-6-8-19)15-23(28-24)18-9-11-20(27-3)12-10-18/h4-15,25H,1-3H3/b26-22+. The Morgan fingerprint density at radius 2 is 1.64 bits per heavy atom. The van der Waals surface area contributed by atoms with Crippen LogP contribution >= 0.6 is 0 Å². The van der Waals surface area contributed by atoms with E-state index in [-0.39, 0.29) is 0 Å². The van der Waals surface area contributed by atoms with Crippen LogP contribution in [-0.2, 0) is 0 Å². The highest BCUT2D eigenvalue weighted by Gasteiger charge is 2.09. The number of rotatable bonds is 4. The Labute approximate surface area is 164 Å². The van der Waals surface area contributed by atoms with Gasteiger partial charge in [0.15, 0.2) is 0 Å². The molecule has 0 unspecified atom stereocenters. The van der Waals surface area contributed by atoms with Crippen molar-refractivity contribution in [3.63, 3.8) is 0 Å². The average molecular weight is 370 g/mol. The number of hydrogen-bond acceptors (Lipinski definition) is 4. The third kappa shape index (κ3) is 3.62. The molecule has 4 rings (SSSR count). The first kappa shape index (κ1) is 17.9. The highest BCUT2D eigenvalue weighted by atomic mass is 16.5. The van der Waals surface area contributed by atoms with E-state index in [4.69, 9.17) is 9.15 Å². The minimum atomic E-state index is 0.760. The molecule has 28 heavy (non-hydrogen) atoms. The van der Waals surface area contributed by atoms with Crippen LogP contribution in [0.25, 0.3) is 22.3 Å². The normalized spacial score (nSPS) is 11.6. The molecule has 0 aliphatic rings. The fraction of sp³-hybridized carbons (Fsp3) is 0.125. The minimum Gasteiger partial charge on any atom is -0.497 e. The Morgan fingerprint density at radius 1 is 0.893 bits per heavy atom. The van der Waals surface area contributed by atoms with Crippen LogP contribution in [0.2, 0.25) is 0 Å². The van der Waals surface area contributed by atoms with Crippen molar-refractivity contribution in [3.8, 4) is 17.1 Å². The van der Waals surface area contributed by atoms with E-state index in [1.807, 2.05) is 60.7 Å². The summed E-state index contributed by atoms with van der Waals surface area (Å²) in [5.41, 5.74) is 8.16. The van der Waals surface area contributed by atoms with Crippen LogP contribution in [0.1, 0.15) is 11.1 Å². The quantitative estimate of drug-likeness (QED) is 0.472. The zero-order valence-electron chi connectivity index (χ0n) is 16.2. The largest absolute Gasteiger partial charge is 0.497 e. The molecule has 0 saturated heterocycles. The van der Waals surface area contributed by atoms with Crippen molar-refractivity contribution in [2.75, 3.05) is 12.5 Å². The number of methoxy groups -OCH3 is 1. The molecular formula is C24H22N2O2. The van der Waals surface area contributed by atoms with Crippen molar-refractivity contribution in [3.05, 3.63) is 89.3 Å². The Balaban J connectivity index is 1.90. The van der Waals surface area contributed by atoms with E-state index in [9.17, 15) is 0 Å². The molecule has 0 atom stereocenters. The lowest BCUT2D eigenvalue weighted by molar-refractivity contribution is 0.415. The van der Waals surface area contributed by atoms with Gasteiger partial charge < -0.3 is 9.15 Å². The predicted molar refractivity (Wildman–Crippen MR) is 113 cm³/mol. The maximum atomic E-state index is 6.27.